The molecule has 6 heteroatoms. The van der Waals surface area contributed by atoms with E-state index in [1.165, 1.54) is 0 Å². The molecule has 0 aromatic rings. The van der Waals surface area contributed by atoms with Gasteiger partial charge in [0.05, 0.1) is 19.8 Å². The van der Waals surface area contributed by atoms with Crippen LogP contribution in [0.4, 0.5) is 0 Å². The topological polar surface area (TPSA) is 30.9 Å². The second-order valence-electron chi connectivity index (χ2n) is 3.25. The largest absolute Gasteiger partial charge is 0.497 e. The van der Waals surface area contributed by atoms with Crippen molar-refractivity contribution in [1.82, 2.24) is 4.90 Å². The Kier molecular flexibility index (Phi) is 4.15. The number of nitrogens with zero attached hydrogens (tertiary/aromatic N) is 1. The third-order valence-corrected chi connectivity index (χ3v) is 4.50. The minimum absolute atomic E-state index is 0. The summed E-state index contributed by atoms with van der Waals surface area (Å²) in [6.45, 7) is 7.31. The Morgan fingerprint density at radius 2 is 1.31 bits per heavy atom. The lowest BCUT2D eigenvalue weighted by atomic mass is 10.4. The maximum absolute atomic E-state index is 5.59. The molecule has 78 valence electrons. The first-order valence-electron chi connectivity index (χ1n) is 4.43. The van der Waals surface area contributed by atoms with Crippen molar-refractivity contribution < 1.29 is 13.3 Å². The predicted molar refractivity (Wildman–Crippen MR) is 53.2 cm³/mol. The second-order valence-corrected chi connectivity index (χ2v) is 5.84. The zero-order valence-corrected chi connectivity index (χ0v) is 9.64. The molecule has 0 aromatic carbocycles. The van der Waals surface area contributed by atoms with E-state index in [9.17, 15) is 0 Å². The highest BCUT2D eigenvalue weighted by Crippen LogP contribution is 2.14. The number of hydrogen-bond donors (Lipinski definition) is 0. The van der Waals surface area contributed by atoms with E-state index in [4.69, 9.17) is 13.3 Å². The highest BCUT2D eigenvalue weighted by atomic mass is 35.5. The van der Waals surface area contributed by atoms with Gasteiger partial charge in [0.1, 0.15) is 0 Å². The van der Waals surface area contributed by atoms with Gasteiger partial charge in [0, 0.05) is 26.2 Å². The fourth-order valence-corrected chi connectivity index (χ4v) is 3.18. The molecule has 0 N–H and O–H groups in total. The molecule has 0 atom stereocenters. The number of hydrogen-bond acceptors (Lipinski definition) is 4. The van der Waals surface area contributed by atoms with Gasteiger partial charge in [-0.25, -0.2) is 0 Å². The Morgan fingerprint density at radius 1 is 0.923 bits per heavy atom. The third kappa shape index (κ3) is 2.90. The highest BCUT2D eigenvalue weighted by Gasteiger charge is 2.37. The summed E-state index contributed by atoms with van der Waals surface area (Å²) in [4.78, 5) is 2.31. The van der Waals surface area contributed by atoms with Gasteiger partial charge in [-0.1, -0.05) is 0 Å². The van der Waals surface area contributed by atoms with Crippen molar-refractivity contribution in [3.63, 3.8) is 0 Å². The van der Waals surface area contributed by atoms with Crippen molar-refractivity contribution in [2.75, 3.05) is 39.5 Å². The lowest BCUT2D eigenvalue weighted by Crippen LogP contribution is -2.53. The third-order valence-electron chi connectivity index (χ3n) is 2.32. The van der Waals surface area contributed by atoms with Gasteiger partial charge in [-0.15, -0.1) is 12.4 Å². The maximum Gasteiger partial charge on any atom is 0.497 e. The van der Waals surface area contributed by atoms with Crippen LogP contribution in [-0.2, 0) is 13.3 Å². The molecule has 4 nitrogen and oxygen atoms in total. The van der Waals surface area contributed by atoms with E-state index in [0.29, 0.717) is 0 Å². The molecule has 3 aliphatic heterocycles. The van der Waals surface area contributed by atoms with Gasteiger partial charge in [0.25, 0.3) is 0 Å². The molecular formula is C7H16ClNO3Si. The first-order chi connectivity index (χ1) is 5.79. The number of halogens is 1. The maximum atomic E-state index is 5.59. The van der Waals surface area contributed by atoms with Crippen LogP contribution in [0.25, 0.3) is 0 Å². The van der Waals surface area contributed by atoms with Crippen molar-refractivity contribution in [1.29, 1.82) is 0 Å². The summed E-state index contributed by atoms with van der Waals surface area (Å²) >= 11 is 0. The summed E-state index contributed by atoms with van der Waals surface area (Å²) in [6, 6.07) is 0. The fraction of sp³-hybridized carbons (Fsp3) is 1.00. The average molecular weight is 226 g/mol. The van der Waals surface area contributed by atoms with E-state index in [0.717, 1.165) is 39.5 Å². The van der Waals surface area contributed by atoms with Gasteiger partial charge >= 0.3 is 8.80 Å². The molecule has 0 unspecified atom stereocenters. The smallest absolute Gasteiger partial charge is 0.372 e. The van der Waals surface area contributed by atoms with Crippen LogP contribution in [0.5, 0.6) is 0 Å². The summed E-state index contributed by atoms with van der Waals surface area (Å²) in [5.41, 5.74) is 0. The van der Waals surface area contributed by atoms with Gasteiger partial charge in [0.15, 0.2) is 0 Å². The van der Waals surface area contributed by atoms with Crippen LogP contribution in [0.2, 0.25) is 6.55 Å². The van der Waals surface area contributed by atoms with Crippen LogP contribution in [0.3, 0.4) is 0 Å². The van der Waals surface area contributed by atoms with Crippen molar-refractivity contribution >= 4 is 21.2 Å². The van der Waals surface area contributed by atoms with Crippen molar-refractivity contribution in [2.24, 2.45) is 0 Å². The van der Waals surface area contributed by atoms with Crippen LogP contribution in [0.1, 0.15) is 0 Å². The molecule has 0 saturated carbocycles. The highest BCUT2D eigenvalue weighted by molar-refractivity contribution is 6.59. The van der Waals surface area contributed by atoms with Gasteiger partial charge in [-0.05, 0) is 0 Å². The van der Waals surface area contributed by atoms with Crippen LogP contribution in [0.15, 0.2) is 0 Å². The quantitative estimate of drug-likeness (QED) is 0.557. The summed E-state index contributed by atoms with van der Waals surface area (Å²) < 4.78 is 16.8. The normalized spacial score (nSPS) is 39.9. The molecule has 3 aliphatic rings. The van der Waals surface area contributed by atoms with Crippen molar-refractivity contribution in [3.8, 4) is 0 Å². The summed E-state index contributed by atoms with van der Waals surface area (Å²) in [5.74, 6) is 0. The monoisotopic (exact) mass is 225 g/mol. The summed E-state index contributed by atoms with van der Waals surface area (Å²) in [7, 11) is -2.21. The zero-order valence-electron chi connectivity index (χ0n) is 7.82. The Morgan fingerprint density at radius 3 is 1.69 bits per heavy atom. The van der Waals surface area contributed by atoms with Gasteiger partial charge < -0.3 is 13.3 Å². The standard InChI is InChI=1S/C7H15NO3Si.ClH/c1-12-9-5-2-8(3-6-10-12)4-7-11-12;/h2-7H2,1H3;1H. The number of fused-ring (bicyclic) bond motifs is 6. The Balaban J connectivity index is 0.000000845. The lowest BCUT2D eigenvalue weighted by Gasteiger charge is -2.36. The van der Waals surface area contributed by atoms with Crippen LogP contribution >= 0.6 is 12.4 Å². The molecule has 3 fully saturated rings. The minimum atomic E-state index is -2.21. The second kappa shape index (κ2) is 4.72. The molecule has 13 heavy (non-hydrogen) atoms. The Labute approximate surface area is 85.9 Å². The molecule has 0 radical (unpaired) electrons. The molecule has 0 amide bonds. The van der Waals surface area contributed by atoms with E-state index in [2.05, 4.69) is 4.90 Å². The van der Waals surface area contributed by atoms with Gasteiger partial charge in [-0.3, -0.25) is 4.90 Å². The predicted octanol–water partition coefficient (Wildman–Crippen LogP) is 0.356. The molecule has 2 bridgehead atoms. The average Bonchev–Trinajstić information content (AvgIpc) is 1.93. The van der Waals surface area contributed by atoms with E-state index in [1.807, 2.05) is 6.55 Å². The van der Waals surface area contributed by atoms with Crippen LogP contribution < -0.4 is 0 Å². The molecule has 0 spiro atoms. The Hall–Kier alpha value is 0.347. The number of rotatable bonds is 0. The first-order valence-corrected chi connectivity index (χ1v) is 6.65. The SMILES string of the molecule is C[Si]12OCCN(CCO1)CCO2.Cl. The van der Waals surface area contributed by atoms with Crippen LogP contribution in [0, 0.1) is 0 Å². The molecule has 3 saturated heterocycles. The van der Waals surface area contributed by atoms with Crippen LogP contribution in [-0.4, -0.2) is 53.2 Å². The summed E-state index contributed by atoms with van der Waals surface area (Å²) in [5, 5.41) is 0. The summed E-state index contributed by atoms with van der Waals surface area (Å²) in [6.07, 6.45) is 0. The van der Waals surface area contributed by atoms with Gasteiger partial charge in [-0.2, -0.15) is 0 Å². The zero-order chi connectivity index (χ0) is 8.44. The molecule has 0 aliphatic carbocycles. The van der Waals surface area contributed by atoms with E-state index >= 15 is 0 Å². The van der Waals surface area contributed by atoms with E-state index in [1.54, 1.807) is 0 Å². The Bertz CT molecular complexity index is 145. The van der Waals surface area contributed by atoms with Crippen molar-refractivity contribution in [2.45, 2.75) is 6.55 Å². The molecule has 0 aromatic heterocycles. The first kappa shape index (κ1) is 11.4. The molecule has 3 heterocycles. The molecule has 3 rings (SSSR count). The van der Waals surface area contributed by atoms with E-state index < -0.39 is 8.80 Å². The molecular weight excluding hydrogens is 210 g/mol. The lowest BCUT2D eigenvalue weighted by molar-refractivity contribution is -0.00378. The van der Waals surface area contributed by atoms with Crippen molar-refractivity contribution in [3.05, 3.63) is 0 Å². The van der Waals surface area contributed by atoms with E-state index in [-0.39, 0.29) is 12.4 Å². The fourth-order valence-electron chi connectivity index (χ4n) is 1.54. The minimum Gasteiger partial charge on any atom is -0.372 e. The van der Waals surface area contributed by atoms with Gasteiger partial charge in [0.2, 0.25) is 0 Å².